The van der Waals surface area contributed by atoms with Crippen molar-refractivity contribution < 1.29 is 9.53 Å². The van der Waals surface area contributed by atoms with Gasteiger partial charge in [0.05, 0.1) is 12.7 Å². The number of aryl methyl sites for hydroxylation is 1. The van der Waals surface area contributed by atoms with Crippen LogP contribution in [0.15, 0.2) is 48.5 Å². The van der Waals surface area contributed by atoms with E-state index in [-0.39, 0.29) is 6.10 Å². The van der Waals surface area contributed by atoms with Crippen molar-refractivity contribution >= 4 is 17.5 Å². The molecular formula is C26H35ClN2O2. The Hall–Kier alpha value is -1.88. The normalized spacial score (nSPS) is 16.0. The van der Waals surface area contributed by atoms with Gasteiger partial charge in [-0.15, -0.1) is 0 Å². The lowest BCUT2D eigenvalue weighted by atomic mass is 10.1. The molecule has 0 N–H and O–H groups in total. The molecule has 1 saturated heterocycles. The molecule has 2 aromatic carbocycles. The van der Waals surface area contributed by atoms with Gasteiger partial charge in [-0.1, -0.05) is 67.4 Å². The number of ether oxygens (including phenoxy) is 1. The van der Waals surface area contributed by atoms with Crippen molar-refractivity contribution in [1.82, 2.24) is 9.80 Å². The smallest absolute Gasteiger partial charge is 0.222 e. The van der Waals surface area contributed by atoms with Crippen LogP contribution >= 0.6 is 11.6 Å². The van der Waals surface area contributed by atoms with E-state index in [1.165, 1.54) is 11.1 Å². The fourth-order valence-electron chi connectivity index (χ4n) is 3.92. The van der Waals surface area contributed by atoms with Crippen LogP contribution in [0.4, 0.5) is 0 Å². The highest BCUT2D eigenvalue weighted by Gasteiger charge is 2.24. The van der Waals surface area contributed by atoms with Crippen molar-refractivity contribution in [2.75, 3.05) is 32.7 Å². The first kappa shape index (κ1) is 23.8. The number of nitrogens with zero attached hydrogens (tertiary/aromatic N) is 2. The van der Waals surface area contributed by atoms with E-state index in [1.54, 1.807) is 0 Å². The third-order valence-corrected chi connectivity index (χ3v) is 6.11. The van der Waals surface area contributed by atoms with E-state index in [1.807, 2.05) is 17.0 Å². The second kappa shape index (κ2) is 11.7. The highest BCUT2D eigenvalue weighted by atomic mass is 35.5. The minimum Gasteiger partial charge on any atom is -0.368 e. The molecule has 168 valence electrons. The zero-order valence-electron chi connectivity index (χ0n) is 19.0. The topological polar surface area (TPSA) is 32.8 Å². The summed E-state index contributed by atoms with van der Waals surface area (Å²) in [5.41, 5.74) is 3.55. The summed E-state index contributed by atoms with van der Waals surface area (Å²) in [6.45, 7) is 11.2. The molecule has 0 spiro atoms. The van der Waals surface area contributed by atoms with Gasteiger partial charge < -0.3 is 9.64 Å². The first-order valence-corrected chi connectivity index (χ1v) is 11.7. The minimum atomic E-state index is -0.0408. The molecule has 3 rings (SSSR count). The number of hydrogen-bond acceptors (Lipinski definition) is 3. The van der Waals surface area contributed by atoms with Gasteiger partial charge in [0.2, 0.25) is 5.91 Å². The molecule has 0 bridgehead atoms. The predicted octanol–water partition coefficient (Wildman–Crippen LogP) is 5.49. The largest absolute Gasteiger partial charge is 0.368 e. The Balaban J connectivity index is 1.58. The van der Waals surface area contributed by atoms with E-state index in [0.717, 1.165) is 49.7 Å². The number of rotatable bonds is 9. The van der Waals surface area contributed by atoms with E-state index < -0.39 is 0 Å². The van der Waals surface area contributed by atoms with Gasteiger partial charge in [-0.2, -0.15) is 0 Å². The second-order valence-electron chi connectivity index (χ2n) is 8.95. The predicted molar refractivity (Wildman–Crippen MR) is 127 cm³/mol. The zero-order valence-corrected chi connectivity index (χ0v) is 19.8. The highest BCUT2D eigenvalue weighted by molar-refractivity contribution is 6.30. The molecule has 0 radical (unpaired) electrons. The van der Waals surface area contributed by atoms with Crippen molar-refractivity contribution in [3.05, 3.63) is 70.2 Å². The van der Waals surface area contributed by atoms with Crippen LogP contribution in [0.1, 0.15) is 49.5 Å². The summed E-state index contributed by atoms with van der Waals surface area (Å²) >= 11 is 6.10. The monoisotopic (exact) mass is 442 g/mol. The molecule has 2 aromatic rings. The fourth-order valence-corrected chi connectivity index (χ4v) is 4.04. The molecule has 5 heteroatoms. The molecule has 1 heterocycles. The Labute approximate surface area is 192 Å². The Morgan fingerprint density at radius 2 is 1.77 bits per heavy atom. The number of hydrogen-bond donors (Lipinski definition) is 0. The molecule has 0 saturated carbocycles. The number of benzene rings is 2. The molecule has 1 atom stereocenters. The summed E-state index contributed by atoms with van der Waals surface area (Å²) in [5, 5.41) is 0.731. The Kier molecular flexibility index (Phi) is 8.94. The van der Waals surface area contributed by atoms with Crippen LogP contribution in [0.3, 0.4) is 0 Å². The molecular weight excluding hydrogens is 408 g/mol. The number of halogens is 1. The van der Waals surface area contributed by atoms with Gasteiger partial charge in [0.25, 0.3) is 0 Å². The van der Waals surface area contributed by atoms with Crippen LogP contribution in [0.25, 0.3) is 0 Å². The quantitative estimate of drug-likeness (QED) is 0.515. The Morgan fingerprint density at radius 3 is 2.42 bits per heavy atom. The molecule has 31 heavy (non-hydrogen) atoms. The lowest BCUT2D eigenvalue weighted by molar-refractivity contribution is -0.133. The third-order valence-electron chi connectivity index (χ3n) is 5.86. The van der Waals surface area contributed by atoms with Crippen LogP contribution in [0.2, 0.25) is 5.02 Å². The molecule has 1 aliphatic heterocycles. The third kappa shape index (κ3) is 7.64. The lowest BCUT2D eigenvalue weighted by Gasteiger charge is -2.36. The van der Waals surface area contributed by atoms with Crippen LogP contribution in [-0.4, -0.2) is 48.4 Å². The maximum Gasteiger partial charge on any atom is 0.222 e. The molecule has 1 aliphatic rings. The number of carbonyl (C=O) groups excluding carboxylic acids is 1. The lowest BCUT2D eigenvalue weighted by Crippen LogP contribution is -2.49. The summed E-state index contributed by atoms with van der Waals surface area (Å²) < 4.78 is 6.39. The summed E-state index contributed by atoms with van der Waals surface area (Å²) in [7, 11) is 0. The van der Waals surface area contributed by atoms with Gasteiger partial charge in [-0.25, -0.2) is 0 Å². The molecule has 4 nitrogen and oxygen atoms in total. The van der Waals surface area contributed by atoms with E-state index in [9.17, 15) is 4.79 Å². The number of amides is 1. The first-order chi connectivity index (χ1) is 14.9. The van der Waals surface area contributed by atoms with E-state index >= 15 is 0 Å². The number of carbonyl (C=O) groups is 1. The summed E-state index contributed by atoms with van der Waals surface area (Å²) in [6.07, 6.45) is 1.58. The Morgan fingerprint density at radius 1 is 1.06 bits per heavy atom. The molecule has 1 fully saturated rings. The maximum absolute atomic E-state index is 12.4. The SMILES string of the molecule is Cc1cccc(CO[C@@H](CN2CCN(C(=O)CCC(C)C)CC2)c2ccc(Cl)cc2)c1. The fraction of sp³-hybridized carbons (Fsp3) is 0.500. The van der Waals surface area contributed by atoms with E-state index in [4.69, 9.17) is 16.3 Å². The van der Waals surface area contributed by atoms with Gasteiger partial charge in [-0.3, -0.25) is 9.69 Å². The average molecular weight is 443 g/mol. The zero-order chi connectivity index (χ0) is 22.2. The van der Waals surface area contributed by atoms with Gasteiger partial charge >= 0.3 is 0 Å². The van der Waals surface area contributed by atoms with Crippen LogP contribution in [-0.2, 0) is 16.1 Å². The minimum absolute atomic E-state index is 0.0408. The summed E-state index contributed by atoms with van der Waals surface area (Å²) in [6, 6.07) is 16.4. The molecule has 1 amide bonds. The van der Waals surface area contributed by atoms with Gasteiger partial charge in [-0.05, 0) is 42.5 Å². The highest BCUT2D eigenvalue weighted by Crippen LogP contribution is 2.23. The van der Waals surface area contributed by atoms with Gasteiger partial charge in [0, 0.05) is 44.2 Å². The van der Waals surface area contributed by atoms with E-state index in [0.29, 0.717) is 24.9 Å². The second-order valence-corrected chi connectivity index (χ2v) is 9.39. The maximum atomic E-state index is 12.4. The van der Waals surface area contributed by atoms with Crippen molar-refractivity contribution in [1.29, 1.82) is 0 Å². The first-order valence-electron chi connectivity index (χ1n) is 11.3. The average Bonchev–Trinajstić information content (AvgIpc) is 2.76. The Bertz CT molecular complexity index is 830. The standard InChI is InChI=1S/C26H35ClN2O2/c1-20(2)7-12-26(30)29-15-13-28(14-16-29)18-25(23-8-10-24(27)11-9-23)31-19-22-6-4-5-21(3)17-22/h4-6,8-11,17,20,25H,7,12-16,18-19H2,1-3H3/t25-/m0/s1. The molecule has 0 aliphatic carbocycles. The van der Waals surface area contributed by atoms with Crippen LogP contribution < -0.4 is 0 Å². The van der Waals surface area contributed by atoms with Crippen molar-refractivity contribution in [3.63, 3.8) is 0 Å². The van der Waals surface area contributed by atoms with Crippen LogP contribution in [0.5, 0.6) is 0 Å². The van der Waals surface area contributed by atoms with Crippen molar-refractivity contribution in [2.45, 2.75) is 46.3 Å². The van der Waals surface area contributed by atoms with Gasteiger partial charge in [0.15, 0.2) is 0 Å². The summed E-state index contributed by atoms with van der Waals surface area (Å²) in [4.78, 5) is 16.9. The molecule has 0 aromatic heterocycles. The number of piperazine rings is 1. The van der Waals surface area contributed by atoms with Crippen molar-refractivity contribution in [3.8, 4) is 0 Å². The van der Waals surface area contributed by atoms with Crippen molar-refractivity contribution in [2.24, 2.45) is 5.92 Å². The molecule has 0 unspecified atom stereocenters. The summed E-state index contributed by atoms with van der Waals surface area (Å²) in [5.74, 6) is 0.856. The van der Waals surface area contributed by atoms with Crippen LogP contribution in [0, 0.1) is 12.8 Å². The van der Waals surface area contributed by atoms with Gasteiger partial charge in [0.1, 0.15) is 0 Å². The van der Waals surface area contributed by atoms with E-state index in [2.05, 4.69) is 62.1 Å².